The summed E-state index contributed by atoms with van der Waals surface area (Å²) in [4.78, 5) is 60.3. The van der Waals surface area contributed by atoms with E-state index in [1.54, 1.807) is 36.1 Å². The van der Waals surface area contributed by atoms with E-state index in [0.29, 0.717) is 49.0 Å². The van der Waals surface area contributed by atoms with E-state index in [0.717, 1.165) is 17.8 Å². The van der Waals surface area contributed by atoms with E-state index in [-0.39, 0.29) is 26.6 Å². The Kier molecular flexibility index (Phi) is 9.64. The number of carbonyl (C=O) groups excluding carboxylic acids is 4. The molecule has 2 saturated heterocycles. The average molecular weight is 606 g/mol. The van der Waals surface area contributed by atoms with Gasteiger partial charge in [-0.1, -0.05) is 23.2 Å². The second kappa shape index (κ2) is 13.0. The topological polar surface area (TPSA) is 120 Å². The van der Waals surface area contributed by atoms with Crippen LogP contribution in [0.5, 0.6) is 0 Å². The van der Waals surface area contributed by atoms with Gasteiger partial charge in [0, 0.05) is 49.4 Å². The maximum Gasteiger partial charge on any atom is 0.331 e. The van der Waals surface area contributed by atoms with Crippen LogP contribution in [0.4, 0.5) is 5.69 Å². The normalized spacial score (nSPS) is 18.9. The molecule has 2 heterocycles. The second-order valence-electron chi connectivity index (χ2n) is 9.09. The summed E-state index contributed by atoms with van der Waals surface area (Å²) in [6.07, 6.45) is 0.591. The molecule has 40 heavy (non-hydrogen) atoms. The number of piperazine rings is 1. The number of thioether (sulfide) groups is 1. The number of aliphatic hydroxyl groups is 1. The number of rotatable bonds is 6. The molecule has 2 aliphatic rings. The average Bonchev–Trinajstić information content (AvgIpc) is 3.22. The number of halogens is 2. The largest absolute Gasteiger partial charge is 0.466 e. The number of ether oxygens (including phenoxy) is 1. The molecule has 3 amide bonds. The predicted octanol–water partition coefficient (Wildman–Crippen LogP) is 3.47. The first-order chi connectivity index (χ1) is 19.1. The Morgan fingerprint density at radius 2 is 1.77 bits per heavy atom. The molecule has 10 nitrogen and oxygen atoms in total. The Hall–Kier alpha value is -3.22. The molecule has 0 saturated carbocycles. The lowest BCUT2D eigenvalue weighted by molar-refractivity contribution is -0.135. The summed E-state index contributed by atoms with van der Waals surface area (Å²) in [6.45, 7) is 4.67. The van der Waals surface area contributed by atoms with E-state index >= 15 is 0 Å². The van der Waals surface area contributed by atoms with Crippen molar-refractivity contribution in [3.05, 3.63) is 74.6 Å². The first-order valence-electron chi connectivity index (χ1n) is 12.3. The molecule has 2 aliphatic heterocycles. The number of β-amino-alcohol motifs (C(OH)–C–C–N with tert-alkyl or cyclic N) is 1. The first kappa shape index (κ1) is 29.8. The van der Waals surface area contributed by atoms with Gasteiger partial charge in [-0.05, 0) is 61.2 Å². The lowest BCUT2D eigenvalue weighted by Crippen LogP contribution is -2.50. The van der Waals surface area contributed by atoms with Crippen molar-refractivity contribution in [3.8, 4) is 0 Å². The summed E-state index contributed by atoms with van der Waals surface area (Å²) in [6, 6.07) is 10.7. The minimum atomic E-state index is -0.737. The van der Waals surface area contributed by atoms with Crippen LogP contribution in [0, 0.1) is 0 Å². The highest BCUT2D eigenvalue weighted by Crippen LogP contribution is 2.35. The number of carbonyl (C=O) groups is 4. The third kappa shape index (κ3) is 6.91. The van der Waals surface area contributed by atoms with Gasteiger partial charge in [-0.2, -0.15) is 4.99 Å². The van der Waals surface area contributed by atoms with Gasteiger partial charge in [0.2, 0.25) is 0 Å². The first-order valence-corrected chi connectivity index (χ1v) is 13.8. The number of amidine groups is 1. The summed E-state index contributed by atoms with van der Waals surface area (Å²) in [5, 5.41) is 10.0. The molecule has 0 spiro atoms. The van der Waals surface area contributed by atoms with Gasteiger partial charge in [0.25, 0.3) is 17.7 Å². The predicted molar refractivity (Wildman–Crippen MR) is 154 cm³/mol. The van der Waals surface area contributed by atoms with Crippen molar-refractivity contribution in [2.24, 2.45) is 4.99 Å². The van der Waals surface area contributed by atoms with Crippen molar-refractivity contribution < 1.29 is 29.0 Å². The lowest BCUT2D eigenvalue weighted by atomic mass is 10.1. The quantitative estimate of drug-likeness (QED) is 0.393. The second-order valence-corrected chi connectivity index (χ2v) is 10.9. The molecule has 2 aromatic rings. The number of amides is 3. The SMILES string of the molecule is COC(=O)C=C1SC(=NC(=O)c2ccc(Cl)cc2Cl)N(c2ccc(C(=O)N3CCN(CC(C)O)CC3)cc2)C1=O. The molecule has 13 heteroatoms. The van der Waals surface area contributed by atoms with Crippen LogP contribution in [0.25, 0.3) is 0 Å². The van der Waals surface area contributed by atoms with Crippen molar-refractivity contribution in [2.75, 3.05) is 44.7 Å². The summed E-state index contributed by atoms with van der Waals surface area (Å²) >= 11 is 12.9. The number of hydrogen-bond donors (Lipinski definition) is 1. The van der Waals surface area contributed by atoms with Gasteiger partial charge in [0.1, 0.15) is 0 Å². The monoisotopic (exact) mass is 604 g/mol. The van der Waals surface area contributed by atoms with Crippen LogP contribution in [0.3, 0.4) is 0 Å². The van der Waals surface area contributed by atoms with Gasteiger partial charge >= 0.3 is 5.97 Å². The Bertz CT molecular complexity index is 1390. The molecule has 4 rings (SSSR count). The number of benzene rings is 2. The van der Waals surface area contributed by atoms with Gasteiger partial charge in [0.05, 0.1) is 34.4 Å². The number of methoxy groups -OCH3 is 1. The van der Waals surface area contributed by atoms with E-state index in [4.69, 9.17) is 23.2 Å². The van der Waals surface area contributed by atoms with Crippen LogP contribution in [-0.4, -0.2) is 89.7 Å². The Morgan fingerprint density at radius 3 is 2.38 bits per heavy atom. The molecule has 0 bridgehead atoms. The Morgan fingerprint density at radius 1 is 1.10 bits per heavy atom. The molecule has 210 valence electrons. The van der Waals surface area contributed by atoms with Crippen LogP contribution in [0.1, 0.15) is 27.6 Å². The van der Waals surface area contributed by atoms with Crippen molar-refractivity contribution >= 4 is 69.5 Å². The molecule has 2 fully saturated rings. The highest BCUT2D eigenvalue weighted by molar-refractivity contribution is 8.19. The summed E-state index contributed by atoms with van der Waals surface area (Å²) in [7, 11) is 1.19. The summed E-state index contributed by atoms with van der Waals surface area (Å²) in [5.41, 5.74) is 0.865. The molecule has 2 aromatic carbocycles. The highest BCUT2D eigenvalue weighted by Gasteiger charge is 2.36. The number of aliphatic imine (C=N–C) groups is 1. The molecule has 1 atom stereocenters. The molecule has 0 radical (unpaired) electrons. The van der Waals surface area contributed by atoms with Crippen molar-refractivity contribution in [3.63, 3.8) is 0 Å². The van der Waals surface area contributed by atoms with Crippen LogP contribution in [-0.2, 0) is 14.3 Å². The van der Waals surface area contributed by atoms with Crippen LogP contribution in [0.2, 0.25) is 10.0 Å². The van der Waals surface area contributed by atoms with E-state index < -0.39 is 23.9 Å². The fourth-order valence-electron chi connectivity index (χ4n) is 4.20. The summed E-state index contributed by atoms with van der Waals surface area (Å²) < 4.78 is 4.65. The van der Waals surface area contributed by atoms with Gasteiger partial charge < -0.3 is 14.7 Å². The standard InChI is InChI=1S/C27H26Cl2N4O6S/c1-16(34)15-31-9-11-32(12-10-31)25(37)17-3-6-19(7-4-17)33-26(38)22(14-23(35)39-2)40-27(33)30-24(36)20-8-5-18(28)13-21(20)29/h3-8,13-14,16,34H,9-12,15H2,1-2H3. The number of nitrogens with zero attached hydrogens (tertiary/aromatic N) is 4. The van der Waals surface area contributed by atoms with E-state index in [1.807, 2.05) is 0 Å². The van der Waals surface area contributed by atoms with Crippen molar-refractivity contribution in [1.82, 2.24) is 9.80 Å². The van der Waals surface area contributed by atoms with Crippen LogP contribution < -0.4 is 4.90 Å². The van der Waals surface area contributed by atoms with Crippen molar-refractivity contribution in [2.45, 2.75) is 13.0 Å². The van der Waals surface area contributed by atoms with Crippen LogP contribution >= 0.6 is 35.0 Å². The summed E-state index contributed by atoms with van der Waals surface area (Å²) in [5.74, 6) is -2.18. The minimum absolute atomic E-state index is 0.00415. The third-order valence-electron chi connectivity index (χ3n) is 6.17. The zero-order chi connectivity index (χ0) is 29.0. The zero-order valence-corrected chi connectivity index (χ0v) is 24.0. The van der Waals surface area contributed by atoms with Gasteiger partial charge in [-0.25, -0.2) is 4.79 Å². The molecule has 1 N–H and O–H groups in total. The smallest absolute Gasteiger partial charge is 0.331 e. The Labute approximate surface area is 245 Å². The molecular formula is C27H26Cl2N4O6S. The van der Waals surface area contributed by atoms with Gasteiger partial charge in [-0.15, -0.1) is 0 Å². The zero-order valence-electron chi connectivity index (χ0n) is 21.7. The van der Waals surface area contributed by atoms with E-state index in [2.05, 4.69) is 14.6 Å². The molecule has 0 aliphatic carbocycles. The third-order valence-corrected chi connectivity index (χ3v) is 7.69. The van der Waals surface area contributed by atoms with E-state index in [9.17, 15) is 24.3 Å². The van der Waals surface area contributed by atoms with Gasteiger partial charge in [0.15, 0.2) is 5.17 Å². The maximum absolute atomic E-state index is 13.3. The molecule has 0 aromatic heterocycles. The Balaban J connectivity index is 1.58. The number of anilines is 1. The minimum Gasteiger partial charge on any atom is -0.466 e. The molecular weight excluding hydrogens is 579 g/mol. The molecule has 1 unspecified atom stereocenters. The van der Waals surface area contributed by atoms with E-state index in [1.165, 1.54) is 30.2 Å². The van der Waals surface area contributed by atoms with Crippen molar-refractivity contribution in [1.29, 1.82) is 0 Å². The maximum atomic E-state index is 13.3. The fraction of sp³-hybridized carbons (Fsp3) is 0.296. The number of esters is 1. The number of aliphatic hydroxyl groups excluding tert-OH is 1. The van der Waals surface area contributed by atoms with Gasteiger partial charge in [-0.3, -0.25) is 24.2 Å². The lowest BCUT2D eigenvalue weighted by Gasteiger charge is -2.35. The number of hydrogen-bond acceptors (Lipinski definition) is 8. The fourth-order valence-corrected chi connectivity index (χ4v) is 5.62. The van der Waals surface area contributed by atoms with Crippen LogP contribution in [0.15, 0.2) is 58.4 Å². The highest BCUT2D eigenvalue weighted by atomic mass is 35.5.